The summed E-state index contributed by atoms with van der Waals surface area (Å²) in [5.74, 6) is -1.08. The molecule has 0 aliphatic heterocycles. The van der Waals surface area contributed by atoms with Crippen LogP contribution in [0.4, 0.5) is 4.79 Å². The third-order valence-corrected chi connectivity index (χ3v) is 3.49. The van der Waals surface area contributed by atoms with Crippen LogP contribution in [-0.2, 0) is 19.1 Å². The van der Waals surface area contributed by atoms with E-state index in [4.69, 9.17) is 26.8 Å². The van der Waals surface area contributed by atoms with Gasteiger partial charge in [0.25, 0.3) is 5.91 Å². The number of amides is 3. The number of primary amides is 1. The lowest BCUT2D eigenvalue weighted by Crippen LogP contribution is -2.39. The van der Waals surface area contributed by atoms with Crippen LogP contribution in [0.1, 0.15) is 24.9 Å². The standard InChI is InChI=1S/C16H22ClN3O5/c1-10(15(22)19-7-8-24-2)25-14(21)9-13(20-16(18)23)11-3-5-12(17)6-4-11/h3-6,10,13H,7-9H2,1-2H3,(H,19,22)(H3,18,20,23)/t10-,13-/m1/s1. The fourth-order valence-corrected chi connectivity index (χ4v) is 2.13. The molecule has 0 aliphatic rings. The quantitative estimate of drug-likeness (QED) is 0.444. The molecule has 1 rings (SSSR count). The molecule has 4 N–H and O–H groups in total. The van der Waals surface area contributed by atoms with E-state index in [0.29, 0.717) is 23.7 Å². The summed E-state index contributed by atoms with van der Waals surface area (Å²) in [5, 5.41) is 5.55. The van der Waals surface area contributed by atoms with Gasteiger partial charge in [-0.25, -0.2) is 4.79 Å². The first-order chi connectivity index (χ1) is 11.8. The number of halogens is 1. The van der Waals surface area contributed by atoms with Gasteiger partial charge in [0.05, 0.1) is 19.1 Å². The summed E-state index contributed by atoms with van der Waals surface area (Å²) in [6.45, 7) is 2.13. The molecule has 0 bridgehead atoms. The topological polar surface area (TPSA) is 120 Å². The van der Waals surface area contributed by atoms with Gasteiger partial charge in [-0.1, -0.05) is 23.7 Å². The minimum Gasteiger partial charge on any atom is -0.452 e. The van der Waals surface area contributed by atoms with E-state index in [2.05, 4.69) is 10.6 Å². The van der Waals surface area contributed by atoms with E-state index in [9.17, 15) is 14.4 Å². The minimum absolute atomic E-state index is 0.180. The number of hydrogen-bond acceptors (Lipinski definition) is 5. The number of urea groups is 1. The highest BCUT2D eigenvalue weighted by atomic mass is 35.5. The maximum Gasteiger partial charge on any atom is 0.312 e. The Kier molecular flexibility index (Phi) is 8.73. The maximum atomic E-state index is 12.1. The van der Waals surface area contributed by atoms with Crippen molar-refractivity contribution in [3.05, 3.63) is 34.9 Å². The molecular formula is C16H22ClN3O5. The number of esters is 1. The zero-order chi connectivity index (χ0) is 18.8. The molecule has 0 saturated carbocycles. The number of nitrogens with one attached hydrogen (secondary N) is 2. The van der Waals surface area contributed by atoms with Crippen LogP contribution in [-0.4, -0.2) is 44.3 Å². The number of carbonyl (C=O) groups is 3. The first kappa shape index (κ1) is 20.7. The van der Waals surface area contributed by atoms with Crippen LogP contribution in [0.3, 0.4) is 0 Å². The van der Waals surface area contributed by atoms with Crippen molar-refractivity contribution in [1.82, 2.24) is 10.6 Å². The smallest absolute Gasteiger partial charge is 0.312 e. The summed E-state index contributed by atoms with van der Waals surface area (Å²) >= 11 is 5.83. The molecule has 3 amide bonds. The molecule has 0 aliphatic carbocycles. The molecule has 138 valence electrons. The number of carbonyl (C=O) groups excluding carboxylic acids is 3. The first-order valence-corrected chi connectivity index (χ1v) is 7.98. The van der Waals surface area contributed by atoms with Gasteiger partial charge in [0, 0.05) is 18.7 Å². The lowest BCUT2D eigenvalue weighted by molar-refractivity contribution is -0.155. The Bertz CT molecular complexity index is 594. The molecule has 0 aromatic heterocycles. The Labute approximate surface area is 151 Å². The Morgan fingerprint density at radius 1 is 1.24 bits per heavy atom. The predicted octanol–water partition coefficient (Wildman–Crippen LogP) is 1.13. The van der Waals surface area contributed by atoms with Crippen molar-refractivity contribution in [3.8, 4) is 0 Å². The SMILES string of the molecule is COCCNC(=O)[C@@H](C)OC(=O)C[C@@H](NC(N)=O)c1ccc(Cl)cc1. The lowest BCUT2D eigenvalue weighted by Gasteiger charge is -2.19. The maximum absolute atomic E-state index is 12.1. The summed E-state index contributed by atoms with van der Waals surface area (Å²) in [6.07, 6.45) is -1.15. The van der Waals surface area contributed by atoms with E-state index >= 15 is 0 Å². The molecule has 0 fully saturated rings. The van der Waals surface area contributed by atoms with Crippen molar-refractivity contribution in [2.45, 2.75) is 25.5 Å². The zero-order valence-corrected chi connectivity index (χ0v) is 14.8. The molecule has 0 unspecified atom stereocenters. The second kappa shape index (κ2) is 10.5. The molecule has 0 heterocycles. The van der Waals surface area contributed by atoms with Gasteiger partial charge in [-0.3, -0.25) is 9.59 Å². The van der Waals surface area contributed by atoms with Crippen LogP contribution in [0.15, 0.2) is 24.3 Å². The number of benzene rings is 1. The second-order valence-corrected chi connectivity index (χ2v) is 5.67. The van der Waals surface area contributed by atoms with Crippen molar-refractivity contribution in [2.75, 3.05) is 20.3 Å². The van der Waals surface area contributed by atoms with Gasteiger partial charge in [-0.2, -0.15) is 0 Å². The molecule has 0 spiro atoms. The van der Waals surface area contributed by atoms with Crippen molar-refractivity contribution in [1.29, 1.82) is 0 Å². The Balaban J connectivity index is 2.64. The third-order valence-electron chi connectivity index (χ3n) is 3.24. The van der Waals surface area contributed by atoms with E-state index in [1.54, 1.807) is 24.3 Å². The summed E-state index contributed by atoms with van der Waals surface area (Å²) in [4.78, 5) is 35.0. The highest BCUT2D eigenvalue weighted by Gasteiger charge is 2.22. The van der Waals surface area contributed by atoms with E-state index in [1.807, 2.05) is 0 Å². The number of ether oxygens (including phenoxy) is 2. The van der Waals surface area contributed by atoms with Gasteiger partial charge in [0.15, 0.2) is 6.10 Å². The Morgan fingerprint density at radius 3 is 2.44 bits per heavy atom. The Morgan fingerprint density at radius 2 is 1.88 bits per heavy atom. The lowest BCUT2D eigenvalue weighted by atomic mass is 10.0. The summed E-state index contributed by atoms with van der Waals surface area (Å²) in [7, 11) is 1.51. The van der Waals surface area contributed by atoms with Crippen LogP contribution in [0.5, 0.6) is 0 Å². The van der Waals surface area contributed by atoms with Gasteiger partial charge in [-0.15, -0.1) is 0 Å². The first-order valence-electron chi connectivity index (χ1n) is 7.61. The van der Waals surface area contributed by atoms with Crippen molar-refractivity contribution < 1.29 is 23.9 Å². The van der Waals surface area contributed by atoms with Crippen molar-refractivity contribution in [3.63, 3.8) is 0 Å². The summed E-state index contributed by atoms with van der Waals surface area (Å²) in [6, 6.07) is 5.12. The highest BCUT2D eigenvalue weighted by Crippen LogP contribution is 2.20. The minimum atomic E-state index is -0.969. The van der Waals surface area contributed by atoms with E-state index in [-0.39, 0.29) is 6.42 Å². The number of hydrogen-bond donors (Lipinski definition) is 3. The third kappa shape index (κ3) is 7.86. The van der Waals surface area contributed by atoms with E-state index in [1.165, 1.54) is 14.0 Å². The van der Waals surface area contributed by atoms with Gasteiger partial charge < -0.3 is 25.8 Å². The highest BCUT2D eigenvalue weighted by molar-refractivity contribution is 6.30. The van der Waals surface area contributed by atoms with Crippen LogP contribution >= 0.6 is 11.6 Å². The van der Waals surface area contributed by atoms with Crippen LogP contribution in [0.25, 0.3) is 0 Å². The summed E-state index contributed by atoms with van der Waals surface area (Å²) < 4.78 is 9.91. The van der Waals surface area contributed by atoms with Crippen molar-refractivity contribution in [2.24, 2.45) is 5.73 Å². The molecule has 0 saturated heterocycles. The molecule has 8 nitrogen and oxygen atoms in total. The van der Waals surface area contributed by atoms with Gasteiger partial charge in [-0.05, 0) is 24.6 Å². The molecule has 25 heavy (non-hydrogen) atoms. The van der Waals surface area contributed by atoms with E-state index < -0.39 is 30.1 Å². The van der Waals surface area contributed by atoms with Crippen LogP contribution < -0.4 is 16.4 Å². The van der Waals surface area contributed by atoms with E-state index in [0.717, 1.165) is 0 Å². The Hall–Kier alpha value is -2.32. The summed E-state index contributed by atoms with van der Waals surface area (Å²) in [5.41, 5.74) is 5.79. The molecular weight excluding hydrogens is 350 g/mol. The largest absolute Gasteiger partial charge is 0.452 e. The van der Waals surface area contributed by atoms with Crippen LogP contribution in [0.2, 0.25) is 5.02 Å². The molecule has 9 heteroatoms. The zero-order valence-electron chi connectivity index (χ0n) is 14.1. The molecule has 0 radical (unpaired) electrons. The van der Waals surface area contributed by atoms with Gasteiger partial charge in [0.1, 0.15) is 0 Å². The molecule has 2 atom stereocenters. The molecule has 1 aromatic carbocycles. The average Bonchev–Trinajstić information content (AvgIpc) is 2.54. The van der Waals surface area contributed by atoms with Gasteiger partial charge in [0.2, 0.25) is 0 Å². The normalized spacial score (nSPS) is 12.8. The molecule has 1 aromatic rings. The fraction of sp³-hybridized carbons (Fsp3) is 0.438. The average molecular weight is 372 g/mol. The number of rotatable bonds is 9. The fourth-order valence-electron chi connectivity index (χ4n) is 2.00. The number of nitrogens with two attached hydrogens (primary N) is 1. The number of methoxy groups -OCH3 is 1. The predicted molar refractivity (Wildman–Crippen MR) is 92.0 cm³/mol. The monoisotopic (exact) mass is 371 g/mol. The van der Waals surface area contributed by atoms with Crippen molar-refractivity contribution >= 4 is 29.5 Å². The van der Waals surface area contributed by atoms with Crippen LogP contribution in [0, 0.1) is 0 Å². The second-order valence-electron chi connectivity index (χ2n) is 5.23. The van der Waals surface area contributed by atoms with Gasteiger partial charge >= 0.3 is 12.0 Å².